The molecule has 0 radical (unpaired) electrons. The van der Waals surface area contributed by atoms with Gasteiger partial charge in [-0.15, -0.1) is 0 Å². The Kier molecular flexibility index (Phi) is 7.96. The summed E-state index contributed by atoms with van der Waals surface area (Å²) in [5.41, 5.74) is 2.55. The molecule has 0 saturated carbocycles. The van der Waals surface area contributed by atoms with Gasteiger partial charge in [-0.25, -0.2) is 0 Å². The molecule has 0 aliphatic rings. The van der Waals surface area contributed by atoms with Crippen LogP contribution in [0.15, 0.2) is 60.7 Å². The first-order chi connectivity index (χ1) is 7.70. The Bertz CT molecular complexity index is 385. The van der Waals surface area contributed by atoms with Crippen LogP contribution < -0.4 is 0 Å². The fourth-order valence-electron chi connectivity index (χ4n) is 1.26. The van der Waals surface area contributed by atoms with Crippen molar-refractivity contribution in [1.29, 1.82) is 0 Å². The maximum Gasteiger partial charge on any atom is 0.300 e. The first kappa shape index (κ1) is 15.6. The second-order valence-corrected chi connectivity index (χ2v) is 3.25. The van der Waals surface area contributed by atoms with Crippen LogP contribution >= 0.6 is 0 Å². The summed E-state index contributed by atoms with van der Waals surface area (Å²) < 4.78 is 0. The standard InChI is InChI=1S/C12H10.C2H4O2.Pd/c1-3-7-11(8-4-1)12-9-5-2-6-10-12;1-2(3)4;/h1-10H;1H3,(H,3,4);. The Labute approximate surface area is 115 Å². The van der Waals surface area contributed by atoms with Gasteiger partial charge in [-0.3, -0.25) is 4.79 Å². The third kappa shape index (κ3) is 6.68. The number of carbonyl (C=O) groups is 1. The molecule has 2 nitrogen and oxygen atoms in total. The molecule has 0 spiro atoms. The van der Waals surface area contributed by atoms with Crippen LogP contribution in [0.3, 0.4) is 0 Å². The van der Waals surface area contributed by atoms with Crippen molar-refractivity contribution < 1.29 is 30.3 Å². The van der Waals surface area contributed by atoms with Gasteiger partial charge in [-0.2, -0.15) is 0 Å². The van der Waals surface area contributed by atoms with Crippen molar-refractivity contribution in [3.05, 3.63) is 60.7 Å². The predicted octanol–water partition coefficient (Wildman–Crippen LogP) is 3.44. The van der Waals surface area contributed by atoms with Crippen LogP contribution in [0.25, 0.3) is 11.1 Å². The maximum atomic E-state index is 9.00. The molecule has 17 heavy (non-hydrogen) atoms. The molecule has 2 rings (SSSR count). The molecule has 0 bridgehead atoms. The zero-order valence-corrected chi connectivity index (χ0v) is 11.0. The average Bonchev–Trinajstić information content (AvgIpc) is 2.31. The van der Waals surface area contributed by atoms with Gasteiger partial charge in [0.15, 0.2) is 0 Å². The number of benzene rings is 2. The average molecular weight is 321 g/mol. The fourth-order valence-corrected chi connectivity index (χ4v) is 1.26. The van der Waals surface area contributed by atoms with E-state index in [9.17, 15) is 0 Å². The number of hydrogen-bond acceptors (Lipinski definition) is 1. The first-order valence-corrected chi connectivity index (χ1v) is 5.00. The van der Waals surface area contributed by atoms with Crippen LogP contribution in [-0.2, 0) is 25.2 Å². The summed E-state index contributed by atoms with van der Waals surface area (Å²) in [4.78, 5) is 9.00. The minimum Gasteiger partial charge on any atom is -0.481 e. The molecule has 0 heterocycles. The molecule has 0 amide bonds. The van der Waals surface area contributed by atoms with Gasteiger partial charge in [-0.1, -0.05) is 60.7 Å². The first-order valence-electron chi connectivity index (χ1n) is 5.00. The van der Waals surface area contributed by atoms with Crippen LogP contribution in [0.2, 0.25) is 0 Å². The summed E-state index contributed by atoms with van der Waals surface area (Å²) >= 11 is 0. The quantitative estimate of drug-likeness (QED) is 0.817. The Morgan fingerprint density at radius 2 is 1.06 bits per heavy atom. The molecule has 0 aliphatic carbocycles. The van der Waals surface area contributed by atoms with E-state index in [-0.39, 0.29) is 20.4 Å². The molecule has 0 fully saturated rings. The van der Waals surface area contributed by atoms with Crippen molar-refractivity contribution in [2.24, 2.45) is 0 Å². The van der Waals surface area contributed by atoms with E-state index in [0.29, 0.717) is 0 Å². The summed E-state index contributed by atoms with van der Waals surface area (Å²) in [7, 11) is 0. The molecular formula is C14H14O2Pd. The molecule has 0 unspecified atom stereocenters. The molecular weight excluding hydrogens is 307 g/mol. The van der Waals surface area contributed by atoms with E-state index in [1.54, 1.807) is 0 Å². The van der Waals surface area contributed by atoms with Gasteiger partial charge in [-0.05, 0) is 11.1 Å². The van der Waals surface area contributed by atoms with Crippen LogP contribution in [-0.4, -0.2) is 11.1 Å². The third-order valence-corrected chi connectivity index (χ3v) is 1.88. The van der Waals surface area contributed by atoms with E-state index in [1.165, 1.54) is 11.1 Å². The summed E-state index contributed by atoms with van der Waals surface area (Å²) in [6.45, 7) is 1.08. The number of hydrogen-bond donors (Lipinski definition) is 1. The third-order valence-electron chi connectivity index (χ3n) is 1.88. The van der Waals surface area contributed by atoms with E-state index in [4.69, 9.17) is 9.90 Å². The normalized spacial score (nSPS) is 8.29. The van der Waals surface area contributed by atoms with E-state index in [2.05, 4.69) is 48.5 Å². The van der Waals surface area contributed by atoms with Gasteiger partial charge in [0.1, 0.15) is 0 Å². The van der Waals surface area contributed by atoms with Crippen molar-refractivity contribution in [1.82, 2.24) is 0 Å². The topological polar surface area (TPSA) is 37.3 Å². The predicted molar refractivity (Wildman–Crippen MR) is 65.2 cm³/mol. The van der Waals surface area contributed by atoms with E-state index in [0.717, 1.165) is 6.92 Å². The van der Waals surface area contributed by atoms with Gasteiger partial charge in [0.05, 0.1) is 0 Å². The molecule has 2 aromatic rings. The Hall–Kier alpha value is -1.43. The van der Waals surface area contributed by atoms with Crippen LogP contribution in [0, 0.1) is 0 Å². The largest absolute Gasteiger partial charge is 0.481 e. The van der Waals surface area contributed by atoms with Crippen molar-refractivity contribution in [3.63, 3.8) is 0 Å². The van der Waals surface area contributed by atoms with Gasteiger partial charge < -0.3 is 5.11 Å². The zero-order valence-electron chi connectivity index (χ0n) is 9.45. The van der Waals surface area contributed by atoms with E-state index < -0.39 is 5.97 Å². The van der Waals surface area contributed by atoms with Gasteiger partial charge in [0.2, 0.25) is 0 Å². The Morgan fingerprint density at radius 3 is 1.29 bits per heavy atom. The van der Waals surface area contributed by atoms with Gasteiger partial charge in [0.25, 0.3) is 5.97 Å². The Morgan fingerprint density at radius 1 is 0.824 bits per heavy atom. The minimum absolute atomic E-state index is 0. The fraction of sp³-hybridized carbons (Fsp3) is 0.0714. The molecule has 0 aliphatic heterocycles. The maximum absolute atomic E-state index is 9.00. The van der Waals surface area contributed by atoms with E-state index >= 15 is 0 Å². The van der Waals surface area contributed by atoms with Crippen molar-refractivity contribution in [2.45, 2.75) is 6.92 Å². The molecule has 0 saturated heterocycles. The minimum atomic E-state index is -0.833. The van der Waals surface area contributed by atoms with Gasteiger partial charge in [0, 0.05) is 27.3 Å². The number of rotatable bonds is 1. The van der Waals surface area contributed by atoms with Crippen LogP contribution in [0.1, 0.15) is 6.92 Å². The second kappa shape index (κ2) is 8.69. The molecule has 0 aromatic heterocycles. The molecule has 3 heteroatoms. The van der Waals surface area contributed by atoms with Crippen LogP contribution in [0.4, 0.5) is 0 Å². The van der Waals surface area contributed by atoms with E-state index in [1.807, 2.05) is 12.1 Å². The summed E-state index contributed by atoms with van der Waals surface area (Å²) in [5, 5.41) is 7.42. The SMILES string of the molecule is CC(=O)O.[Pd].c1ccc(-c2ccccc2)cc1. The van der Waals surface area contributed by atoms with Crippen molar-refractivity contribution in [3.8, 4) is 11.1 Å². The zero-order chi connectivity index (χ0) is 11.8. The van der Waals surface area contributed by atoms with Crippen molar-refractivity contribution in [2.75, 3.05) is 0 Å². The summed E-state index contributed by atoms with van der Waals surface area (Å²) in [5.74, 6) is -0.833. The smallest absolute Gasteiger partial charge is 0.300 e. The Balaban J connectivity index is 0.000000453. The van der Waals surface area contributed by atoms with Crippen molar-refractivity contribution >= 4 is 5.97 Å². The molecule has 92 valence electrons. The number of aliphatic carboxylic acids is 1. The molecule has 2 aromatic carbocycles. The molecule has 0 atom stereocenters. The summed E-state index contributed by atoms with van der Waals surface area (Å²) in [6, 6.07) is 20.8. The monoisotopic (exact) mass is 320 g/mol. The number of carboxylic acids is 1. The summed E-state index contributed by atoms with van der Waals surface area (Å²) in [6.07, 6.45) is 0. The second-order valence-electron chi connectivity index (χ2n) is 3.25. The van der Waals surface area contributed by atoms with Gasteiger partial charge >= 0.3 is 0 Å². The number of carboxylic acid groups (broad SMARTS) is 1. The van der Waals surface area contributed by atoms with Crippen LogP contribution in [0.5, 0.6) is 0 Å². The molecule has 1 N–H and O–H groups in total.